The molecule has 0 amide bonds. The lowest BCUT2D eigenvalue weighted by atomic mass is 9.94. The molecule has 0 spiro atoms. The molecule has 5 unspecified atom stereocenters. The van der Waals surface area contributed by atoms with Gasteiger partial charge in [-0.1, -0.05) is 19.1 Å². The predicted octanol–water partition coefficient (Wildman–Crippen LogP) is -0.00720. The van der Waals surface area contributed by atoms with Gasteiger partial charge in [0.2, 0.25) is 0 Å². The first-order chi connectivity index (χ1) is 10.1. The smallest absolute Gasteiger partial charge is 0.185 e. The molecule has 5 atom stereocenters. The molecule has 6 nitrogen and oxygen atoms in total. The number of phenolic OH excluding ortho intramolecular Hbond substituents is 1. The summed E-state index contributed by atoms with van der Waals surface area (Å²) in [7, 11) is 0. The Morgan fingerprint density at radius 1 is 1.19 bits per heavy atom. The molecule has 2 fully saturated rings. The number of hydrogen-bond acceptors (Lipinski definition) is 6. The Labute approximate surface area is 124 Å². The molecule has 2 saturated heterocycles. The molecular weight excluding hydrogens is 274 g/mol. The number of aliphatic hydroxyl groups is 2. The van der Waals surface area contributed by atoms with Gasteiger partial charge >= 0.3 is 0 Å². The zero-order valence-electron chi connectivity index (χ0n) is 12.1. The summed E-state index contributed by atoms with van der Waals surface area (Å²) in [5.74, 6) is 0.381. The van der Waals surface area contributed by atoms with E-state index in [9.17, 15) is 5.11 Å². The predicted molar refractivity (Wildman–Crippen MR) is 76.7 cm³/mol. The quantitative estimate of drug-likeness (QED) is 0.585. The van der Waals surface area contributed by atoms with Crippen molar-refractivity contribution < 1.29 is 24.8 Å². The van der Waals surface area contributed by atoms with Crippen LogP contribution in [0.3, 0.4) is 0 Å². The summed E-state index contributed by atoms with van der Waals surface area (Å²) in [5.41, 5.74) is 6.50. The molecule has 2 heterocycles. The van der Waals surface area contributed by atoms with Crippen LogP contribution in [0.4, 0.5) is 0 Å². The SMILES string of the molecule is CC1C(O)C(CO)OC2OC21.NCCc1ccc(O)cc1. The van der Waals surface area contributed by atoms with Crippen molar-refractivity contribution in [1.29, 1.82) is 0 Å². The van der Waals surface area contributed by atoms with Crippen molar-refractivity contribution in [2.45, 2.75) is 37.9 Å². The lowest BCUT2D eigenvalue weighted by Gasteiger charge is -2.28. The van der Waals surface area contributed by atoms with Crippen molar-refractivity contribution in [3.63, 3.8) is 0 Å². The number of hydrogen-bond donors (Lipinski definition) is 4. The van der Waals surface area contributed by atoms with E-state index in [1.807, 2.05) is 19.1 Å². The van der Waals surface area contributed by atoms with Crippen molar-refractivity contribution in [1.82, 2.24) is 0 Å². The Morgan fingerprint density at radius 3 is 2.43 bits per heavy atom. The van der Waals surface area contributed by atoms with Crippen LogP contribution in [0, 0.1) is 5.92 Å². The number of phenols is 1. The summed E-state index contributed by atoms with van der Waals surface area (Å²) >= 11 is 0. The van der Waals surface area contributed by atoms with Gasteiger partial charge in [0, 0.05) is 5.92 Å². The first-order valence-corrected chi connectivity index (χ1v) is 7.14. The maximum Gasteiger partial charge on any atom is 0.185 e. The highest BCUT2D eigenvalue weighted by Crippen LogP contribution is 2.39. The van der Waals surface area contributed by atoms with Gasteiger partial charge in [-0.05, 0) is 30.7 Å². The molecule has 1 aromatic carbocycles. The van der Waals surface area contributed by atoms with Gasteiger partial charge in [0.05, 0.1) is 12.7 Å². The minimum atomic E-state index is -0.594. The Hall–Kier alpha value is -1.18. The normalized spacial score (nSPS) is 33.6. The molecule has 0 saturated carbocycles. The summed E-state index contributed by atoms with van der Waals surface area (Å²) in [6, 6.07) is 7.10. The van der Waals surface area contributed by atoms with Gasteiger partial charge in [0.1, 0.15) is 18.0 Å². The van der Waals surface area contributed by atoms with E-state index < -0.39 is 12.2 Å². The minimum absolute atomic E-state index is 0.0489. The van der Waals surface area contributed by atoms with Crippen LogP contribution >= 0.6 is 0 Å². The Kier molecular flexibility index (Phi) is 5.55. The van der Waals surface area contributed by atoms with E-state index in [0.717, 1.165) is 6.42 Å². The fourth-order valence-electron chi connectivity index (χ4n) is 2.36. The molecule has 6 heteroatoms. The first-order valence-electron chi connectivity index (χ1n) is 7.14. The van der Waals surface area contributed by atoms with Crippen molar-refractivity contribution in [2.75, 3.05) is 13.2 Å². The average Bonchev–Trinajstić information content (AvgIpc) is 3.26. The summed E-state index contributed by atoms with van der Waals surface area (Å²) in [6.07, 6.45) is -0.309. The van der Waals surface area contributed by atoms with E-state index in [-0.39, 0.29) is 24.9 Å². The second-order valence-corrected chi connectivity index (χ2v) is 5.38. The fourth-order valence-corrected chi connectivity index (χ4v) is 2.36. The first kappa shape index (κ1) is 16.2. The zero-order chi connectivity index (χ0) is 15.4. The molecule has 1 aromatic rings. The van der Waals surface area contributed by atoms with Crippen LogP contribution < -0.4 is 5.73 Å². The Balaban J connectivity index is 0.000000155. The number of aromatic hydroxyl groups is 1. The Bertz CT molecular complexity index is 438. The van der Waals surface area contributed by atoms with Crippen LogP contribution in [0.15, 0.2) is 24.3 Å². The van der Waals surface area contributed by atoms with E-state index in [0.29, 0.717) is 12.3 Å². The standard InChI is InChI=1S/C8H11NO.C7H12O4/c9-6-5-7-1-3-8(10)4-2-7;1-3-5(9)4(2-8)10-7-6(3)11-7/h1-4,10H,5-6,9H2;3-9H,2H2,1H3. The van der Waals surface area contributed by atoms with E-state index in [2.05, 4.69) is 0 Å². The zero-order valence-corrected chi connectivity index (χ0v) is 12.1. The van der Waals surface area contributed by atoms with Crippen molar-refractivity contribution in [2.24, 2.45) is 11.7 Å². The summed E-state index contributed by atoms with van der Waals surface area (Å²) in [6.45, 7) is 2.42. The highest BCUT2D eigenvalue weighted by atomic mass is 16.8. The van der Waals surface area contributed by atoms with Crippen molar-refractivity contribution in [3.05, 3.63) is 29.8 Å². The second kappa shape index (κ2) is 7.20. The van der Waals surface area contributed by atoms with Gasteiger partial charge in [-0.3, -0.25) is 0 Å². The fraction of sp³-hybridized carbons (Fsp3) is 0.600. The maximum absolute atomic E-state index is 9.47. The largest absolute Gasteiger partial charge is 0.508 e. The number of fused-ring (bicyclic) bond motifs is 1. The topological polar surface area (TPSA) is 108 Å². The summed E-state index contributed by atoms with van der Waals surface area (Å²) < 4.78 is 10.3. The summed E-state index contributed by atoms with van der Waals surface area (Å²) in [5, 5.41) is 27.1. The molecule has 0 bridgehead atoms. The number of ether oxygens (including phenoxy) is 2. The molecular formula is C15H23NO5. The molecule has 5 N–H and O–H groups in total. The highest BCUT2D eigenvalue weighted by Gasteiger charge is 2.54. The number of rotatable bonds is 3. The molecule has 0 radical (unpaired) electrons. The summed E-state index contributed by atoms with van der Waals surface area (Å²) in [4.78, 5) is 0. The molecule has 3 rings (SSSR count). The van der Waals surface area contributed by atoms with Crippen molar-refractivity contribution >= 4 is 0 Å². The van der Waals surface area contributed by atoms with Crippen LogP contribution in [0.1, 0.15) is 12.5 Å². The molecule has 118 valence electrons. The molecule has 2 aliphatic rings. The third-order valence-electron chi connectivity index (χ3n) is 3.78. The van der Waals surface area contributed by atoms with Crippen LogP contribution in [0.5, 0.6) is 5.75 Å². The van der Waals surface area contributed by atoms with E-state index in [4.69, 9.17) is 25.4 Å². The minimum Gasteiger partial charge on any atom is -0.508 e. The number of nitrogens with two attached hydrogens (primary N) is 1. The van der Waals surface area contributed by atoms with Gasteiger partial charge in [-0.15, -0.1) is 0 Å². The van der Waals surface area contributed by atoms with Gasteiger partial charge in [0.25, 0.3) is 0 Å². The lowest BCUT2D eigenvalue weighted by molar-refractivity contribution is -0.122. The third-order valence-corrected chi connectivity index (χ3v) is 3.78. The maximum atomic E-state index is 9.47. The van der Waals surface area contributed by atoms with Crippen molar-refractivity contribution in [3.8, 4) is 5.75 Å². The molecule has 0 aromatic heterocycles. The lowest BCUT2D eigenvalue weighted by Crippen LogP contribution is -2.44. The molecule has 21 heavy (non-hydrogen) atoms. The number of benzene rings is 1. The van der Waals surface area contributed by atoms with Crippen LogP contribution in [-0.2, 0) is 15.9 Å². The third kappa shape index (κ3) is 4.15. The highest BCUT2D eigenvalue weighted by molar-refractivity contribution is 5.25. The number of aliphatic hydroxyl groups excluding tert-OH is 2. The van der Waals surface area contributed by atoms with Gasteiger partial charge in [-0.25, -0.2) is 0 Å². The van der Waals surface area contributed by atoms with Crippen LogP contribution in [0.25, 0.3) is 0 Å². The second-order valence-electron chi connectivity index (χ2n) is 5.38. The molecule has 2 aliphatic heterocycles. The van der Waals surface area contributed by atoms with Gasteiger partial charge < -0.3 is 30.5 Å². The average molecular weight is 297 g/mol. The van der Waals surface area contributed by atoms with E-state index >= 15 is 0 Å². The molecule has 0 aliphatic carbocycles. The van der Waals surface area contributed by atoms with E-state index in [1.54, 1.807) is 12.1 Å². The van der Waals surface area contributed by atoms with Gasteiger partial charge in [-0.2, -0.15) is 0 Å². The number of epoxide rings is 1. The Morgan fingerprint density at radius 2 is 1.86 bits per heavy atom. The van der Waals surface area contributed by atoms with E-state index in [1.165, 1.54) is 5.56 Å². The van der Waals surface area contributed by atoms with Crippen LogP contribution in [0.2, 0.25) is 0 Å². The van der Waals surface area contributed by atoms with Crippen LogP contribution in [-0.4, -0.2) is 53.1 Å². The monoisotopic (exact) mass is 297 g/mol. The van der Waals surface area contributed by atoms with Gasteiger partial charge in [0.15, 0.2) is 6.29 Å².